The van der Waals surface area contributed by atoms with Gasteiger partial charge in [-0.3, -0.25) is 4.68 Å². The molecule has 102 valence electrons. The van der Waals surface area contributed by atoms with Crippen LogP contribution in [0.25, 0.3) is 0 Å². The molecule has 0 amide bonds. The Hall–Kier alpha value is -0.550. The van der Waals surface area contributed by atoms with Crippen molar-refractivity contribution in [2.75, 3.05) is 0 Å². The summed E-state index contributed by atoms with van der Waals surface area (Å²) in [6.45, 7) is 2.76. The van der Waals surface area contributed by atoms with Crippen LogP contribution in [0.3, 0.4) is 0 Å². The SMILES string of the molecule is CCCn1ncc(Cl)c1C(O)c1ccc(Br)c(Cl)c1. The minimum atomic E-state index is -0.841. The van der Waals surface area contributed by atoms with Crippen LogP contribution in [0.2, 0.25) is 10.0 Å². The fourth-order valence-electron chi connectivity index (χ4n) is 1.87. The Morgan fingerprint density at radius 2 is 2.11 bits per heavy atom. The van der Waals surface area contributed by atoms with Crippen LogP contribution in [-0.2, 0) is 6.54 Å². The molecule has 0 fully saturated rings. The molecule has 19 heavy (non-hydrogen) atoms. The van der Waals surface area contributed by atoms with Gasteiger partial charge in [-0.05, 0) is 40.0 Å². The average Bonchev–Trinajstić information content (AvgIpc) is 2.74. The van der Waals surface area contributed by atoms with Gasteiger partial charge in [-0.1, -0.05) is 36.2 Å². The second kappa shape index (κ2) is 6.27. The molecule has 1 N–H and O–H groups in total. The van der Waals surface area contributed by atoms with Crippen LogP contribution in [0.4, 0.5) is 0 Å². The van der Waals surface area contributed by atoms with Gasteiger partial charge in [0.15, 0.2) is 0 Å². The van der Waals surface area contributed by atoms with E-state index in [9.17, 15) is 5.11 Å². The first-order chi connectivity index (χ1) is 9.04. The number of aliphatic hydroxyl groups excluding tert-OH is 1. The van der Waals surface area contributed by atoms with Gasteiger partial charge in [0.1, 0.15) is 6.10 Å². The predicted octanol–water partition coefficient (Wildman–Crippen LogP) is 4.44. The molecular formula is C13H13BrCl2N2O. The van der Waals surface area contributed by atoms with Crippen LogP contribution < -0.4 is 0 Å². The zero-order chi connectivity index (χ0) is 14.0. The van der Waals surface area contributed by atoms with E-state index in [-0.39, 0.29) is 0 Å². The van der Waals surface area contributed by atoms with E-state index in [1.165, 1.54) is 0 Å². The van der Waals surface area contributed by atoms with Crippen LogP contribution in [0.5, 0.6) is 0 Å². The standard InChI is InChI=1S/C13H13BrCl2N2O/c1-2-5-18-12(11(16)7-17-18)13(19)8-3-4-9(14)10(15)6-8/h3-4,6-7,13,19H,2,5H2,1H3. The lowest BCUT2D eigenvalue weighted by Crippen LogP contribution is -2.10. The van der Waals surface area contributed by atoms with Crippen molar-refractivity contribution in [2.45, 2.75) is 26.0 Å². The molecule has 1 atom stereocenters. The van der Waals surface area contributed by atoms with Crippen LogP contribution in [0.1, 0.15) is 30.7 Å². The third kappa shape index (κ3) is 3.14. The number of hydrogen-bond acceptors (Lipinski definition) is 2. The molecule has 0 aliphatic heterocycles. The molecule has 1 aromatic heterocycles. The molecule has 0 radical (unpaired) electrons. The van der Waals surface area contributed by atoms with Crippen LogP contribution >= 0.6 is 39.1 Å². The van der Waals surface area contributed by atoms with Gasteiger partial charge in [0.25, 0.3) is 0 Å². The molecule has 0 bridgehead atoms. The average molecular weight is 364 g/mol. The van der Waals surface area contributed by atoms with Gasteiger partial charge in [-0.15, -0.1) is 0 Å². The van der Waals surface area contributed by atoms with Gasteiger partial charge in [0, 0.05) is 11.0 Å². The highest BCUT2D eigenvalue weighted by Gasteiger charge is 2.20. The summed E-state index contributed by atoms with van der Waals surface area (Å²) in [4.78, 5) is 0. The molecule has 6 heteroatoms. The molecule has 3 nitrogen and oxygen atoms in total. The summed E-state index contributed by atoms with van der Waals surface area (Å²) in [6.07, 6.45) is 1.63. The summed E-state index contributed by atoms with van der Waals surface area (Å²) in [6, 6.07) is 5.32. The van der Waals surface area contributed by atoms with Crippen molar-refractivity contribution >= 4 is 39.1 Å². The van der Waals surface area contributed by atoms with E-state index in [0.29, 0.717) is 27.8 Å². The zero-order valence-electron chi connectivity index (χ0n) is 10.3. The number of rotatable bonds is 4. The molecule has 0 saturated carbocycles. The normalized spacial score (nSPS) is 12.7. The molecule has 0 spiro atoms. The molecule has 1 unspecified atom stereocenters. The molecule has 2 rings (SSSR count). The second-order valence-electron chi connectivity index (χ2n) is 4.18. The summed E-state index contributed by atoms with van der Waals surface area (Å²) >= 11 is 15.5. The van der Waals surface area contributed by atoms with Crippen molar-refractivity contribution in [3.63, 3.8) is 0 Å². The van der Waals surface area contributed by atoms with Crippen LogP contribution in [-0.4, -0.2) is 14.9 Å². The Balaban J connectivity index is 2.40. The molecule has 0 aliphatic carbocycles. The Morgan fingerprint density at radius 1 is 1.37 bits per heavy atom. The molecule has 1 heterocycles. The highest BCUT2D eigenvalue weighted by molar-refractivity contribution is 9.10. The largest absolute Gasteiger partial charge is 0.382 e. The number of aromatic nitrogens is 2. The van der Waals surface area contributed by atoms with Gasteiger partial charge in [0.05, 0.1) is 21.9 Å². The number of benzene rings is 1. The number of nitrogens with zero attached hydrogens (tertiary/aromatic N) is 2. The summed E-state index contributed by atoms with van der Waals surface area (Å²) < 4.78 is 2.52. The molecule has 0 saturated heterocycles. The van der Waals surface area contributed by atoms with Crippen molar-refractivity contribution in [1.82, 2.24) is 9.78 Å². The monoisotopic (exact) mass is 362 g/mol. The fraction of sp³-hybridized carbons (Fsp3) is 0.308. The first-order valence-electron chi connectivity index (χ1n) is 5.88. The van der Waals surface area contributed by atoms with Crippen LogP contribution in [0.15, 0.2) is 28.9 Å². The Labute approximate surface area is 130 Å². The maximum atomic E-state index is 10.5. The summed E-state index contributed by atoms with van der Waals surface area (Å²) in [5, 5.41) is 15.6. The van der Waals surface area contributed by atoms with Gasteiger partial charge in [-0.25, -0.2) is 0 Å². The number of aryl methyl sites for hydroxylation is 1. The highest BCUT2D eigenvalue weighted by atomic mass is 79.9. The van der Waals surface area contributed by atoms with E-state index >= 15 is 0 Å². The minimum absolute atomic E-state index is 0.458. The van der Waals surface area contributed by atoms with E-state index in [2.05, 4.69) is 21.0 Å². The Bertz CT molecular complexity index is 586. The van der Waals surface area contributed by atoms with Crippen molar-refractivity contribution in [1.29, 1.82) is 0 Å². The topological polar surface area (TPSA) is 38.0 Å². The van der Waals surface area contributed by atoms with Gasteiger partial charge < -0.3 is 5.11 Å². The number of hydrogen-bond donors (Lipinski definition) is 1. The van der Waals surface area contributed by atoms with Crippen molar-refractivity contribution in [3.05, 3.63) is 50.2 Å². The minimum Gasteiger partial charge on any atom is -0.382 e. The fourth-order valence-corrected chi connectivity index (χ4v) is 2.55. The third-order valence-corrected chi connectivity index (χ3v) is 4.31. The summed E-state index contributed by atoms with van der Waals surface area (Å²) in [5.41, 5.74) is 1.29. The van der Waals surface area contributed by atoms with Gasteiger partial charge >= 0.3 is 0 Å². The molecular weight excluding hydrogens is 351 g/mol. The van der Waals surface area contributed by atoms with Crippen molar-refractivity contribution in [3.8, 4) is 0 Å². The number of aliphatic hydroxyl groups is 1. The number of halogens is 3. The van der Waals surface area contributed by atoms with E-state index in [4.69, 9.17) is 23.2 Å². The highest BCUT2D eigenvalue weighted by Crippen LogP contribution is 2.32. The van der Waals surface area contributed by atoms with Crippen molar-refractivity contribution in [2.24, 2.45) is 0 Å². The molecule has 1 aromatic carbocycles. The lowest BCUT2D eigenvalue weighted by atomic mass is 10.1. The second-order valence-corrected chi connectivity index (χ2v) is 5.85. The lowest BCUT2D eigenvalue weighted by Gasteiger charge is -2.14. The maximum Gasteiger partial charge on any atom is 0.122 e. The van der Waals surface area contributed by atoms with E-state index in [1.54, 1.807) is 29.1 Å². The quantitative estimate of drug-likeness (QED) is 0.871. The molecule has 2 aromatic rings. The first-order valence-corrected chi connectivity index (χ1v) is 7.43. The predicted molar refractivity (Wildman–Crippen MR) is 80.7 cm³/mol. The summed E-state index contributed by atoms with van der Waals surface area (Å²) in [5.74, 6) is 0. The first kappa shape index (κ1) is 14.9. The summed E-state index contributed by atoms with van der Waals surface area (Å²) in [7, 11) is 0. The smallest absolute Gasteiger partial charge is 0.122 e. The van der Waals surface area contributed by atoms with Crippen LogP contribution in [0, 0.1) is 0 Å². The van der Waals surface area contributed by atoms with Crippen molar-refractivity contribution < 1.29 is 5.11 Å². The maximum absolute atomic E-state index is 10.5. The molecule has 0 aliphatic rings. The Morgan fingerprint density at radius 3 is 2.74 bits per heavy atom. The van der Waals surface area contributed by atoms with E-state index in [1.807, 2.05) is 6.92 Å². The third-order valence-electron chi connectivity index (χ3n) is 2.79. The van der Waals surface area contributed by atoms with E-state index in [0.717, 1.165) is 10.9 Å². The van der Waals surface area contributed by atoms with E-state index < -0.39 is 6.10 Å². The Kier molecular flexibility index (Phi) is 4.90. The lowest BCUT2D eigenvalue weighted by molar-refractivity contribution is 0.207. The van der Waals surface area contributed by atoms with Gasteiger partial charge in [-0.2, -0.15) is 5.10 Å². The van der Waals surface area contributed by atoms with Gasteiger partial charge in [0.2, 0.25) is 0 Å². The zero-order valence-corrected chi connectivity index (χ0v) is 13.4.